The third-order valence-corrected chi connectivity index (χ3v) is 6.33. The zero-order chi connectivity index (χ0) is 26.5. The van der Waals surface area contributed by atoms with E-state index in [-0.39, 0.29) is 14.0 Å². The van der Waals surface area contributed by atoms with Gasteiger partial charge in [-0.1, -0.05) is 13.5 Å². The van der Waals surface area contributed by atoms with Crippen molar-refractivity contribution >= 4 is 23.1 Å². The number of anilines is 1. The van der Waals surface area contributed by atoms with Gasteiger partial charge in [0.15, 0.2) is 0 Å². The van der Waals surface area contributed by atoms with E-state index in [1.165, 1.54) is 0 Å². The summed E-state index contributed by atoms with van der Waals surface area (Å²) in [5.41, 5.74) is 7.30. The molecule has 1 fully saturated rings. The number of benzene rings is 1. The SMILES string of the molecule is C.CCOC(=O)Nc1nc2c(-c3cc(CN(C)C)ccn3)cc(-c3ccc(CN4CCOCC4)nc3)cc2[nH]1. The molecule has 3 aromatic heterocycles. The van der Waals surface area contributed by atoms with Gasteiger partial charge in [0, 0.05) is 49.7 Å². The molecule has 0 radical (unpaired) electrons. The Morgan fingerprint density at radius 1 is 1.13 bits per heavy atom. The van der Waals surface area contributed by atoms with Gasteiger partial charge < -0.3 is 19.4 Å². The first kappa shape index (κ1) is 28.2. The van der Waals surface area contributed by atoms with Gasteiger partial charge in [-0.25, -0.2) is 9.78 Å². The fourth-order valence-electron chi connectivity index (χ4n) is 4.56. The van der Waals surface area contributed by atoms with Crippen LogP contribution in [0.15, 0.2) is 48.8 Å². The molecule has 0 atom stereocenters. The zero-order valence-corrected chi connectivity index (χ0v) is 22.0. The van der Waals surface area contributed by atoms with Crippen LogP contribution in [-0.2, 0) is 22.6 Å². The summed E-state index contributed by atoms with van der Waals surface area (Å²) in [6, 6.07) is 12.4. The number of aromatic amines is 1. The topological polar surface area (TPSA) is 108 Å². The van der Waals surface area contributed by atoms with Gasteiger partial charge in [-0.2, -0.15) is 0 Å². The fraction of sp³-hybridized carbons (Fsp3) is 0.379. The molecule has 10 nitrogen and oxygen atoms in total. The Hall–Kier alpha value is -3.86. The highest BCUT2D eigenvalue weighted by Crippen LogP contribution is 2.33. The Bertz CT molecular complexity index is 1400. The standard InChI is InChI=1S/C28H33N7O3.CH4/c1-4-38-28(36)33-27-31-25-15-21(20-5-6-22(30-16-20)18-35-9-11-37-12-10-35)14-23(26(25)32-27)24-13-19(7-8-29-24)17-34(2)3;/h5-8,13-16H,4,9-12,17-18H2,1-3H3,(H2,31,32,33,36);1H4. The normalized spacial score (nSPS) is 13.8. The van der Waals surface area contributed by atoms with Crippen molar-refractivity contribution in [1.82, 2.24) is 29.7 Å². The lowest BCUT2D eigenvalue weighted by molar-refractivity contribution is 0.0336. The first-order chi connectivity index (χ1) is 18.5. The Morgan fingerprint density at radius 3 is 2.67 bits per heavy atom. The van der Waals surface area contributed by atoms with Crippen molar-refractivity contribution in [2.75, 3.05) is 52.3 Å². The van der Waals surface area contributed by atoms with E-state index in [4.69, 9.17) is 14.5 Å². The van der Waals surface area contributed by atoms with E-state index in [0.29, 0.717) is 11.5 Å². The minimum atomic E-state index is -0.556. The molecule has 4 heterocycles. The highest BCUT2D eigenvalue weighted by Gasteiger charge is 2.16. The Balaban J connectivity index is 0.00000353. The Labute approximate surface area is 229 Å². The molecule has 1 amide bonds. The van der Waals surface area contributed by atoms with Gasteiger partial charge in [0.2, 0.25) is 5.95 Å². The van der Waals surface area contributed by atoms with Crippen LogP contribution in [0.5, 0.6) is 0 Å². The van der Waals surface area contributed by atoms with Gasteiger partial charge >= 0.3 is 6.09 Å². The molecule has 1 aliphatic heterocycles. The lowest BCUT2D eigenvalue weighted by Crippen LogP contribution is -2.35. The molecule has 39 heavy (non-hydrogen) atoms. The quantitative estimate of drug-likeness (QED) is 0.334. The fourth-order valence-corrected chi connectivity index (χ4v) is 4.56. The maximum atomic E-state index is 12.0. The largest absolute Gasteiger partial charge is 0.450 e. The molecule has 0 aliphatic carbocycles. The van der Waals surface area contributed by atoms with Gasteiger partial charge in [0.05, 0.1) is 42.2 Å². The molecule has 1 saturated heterocycles. The second-order valence-electron chi connectivity index (χ2n) is 9.56. The Morgan fingerprint density at radius 2 is 1.95 bits per heavy atom. The molecule has 4 aromatic rings. The summed E-state index contributed by atoms with van der Waals surface area (Å²) < 4.78 is 10.5. The number of hydrogen-bond donors (Lipinski definition) is 2. The van der Waals surface area contributed by atoms with Crippen LogP contribution in [-0.4, -0.2) is 82.8 Å². The molecule has 0 unspecified atom stereocenters. The first-order valence-corrected chi connectivity index (χ1v) is 12.8. The van der Waals surface area contributed by atoms with E-state index < -0.39 is 6.09 Å². The van der Waals surface area contributed by atoms with Crippen LogP contribution >= 0.6 is 0 Å². The van der Waals surface area contributed by atoms with Crippen LogP contribution in [0, 0.1) is 0 Å². The zero-order valence-electron chi connectivity index (χ0n) is 22.0. The third-order valence-electron chi connectivity index (χ3n) is 6.33. The van der Waals surface area contributed by atoms with Crippen LogP contribution in [0.2, 0.25) is 0 Å². The first-order valence-electron chi connectivity index (χ1n) is 12.8. The third kappa shape index (κ3) is 6.97. The number of aromatic nitrogens is 4. The van der Waals surface area contributed by atoms with E-state index in [2.05, 4.69) is 54.3 Å². The highest BCUT2D eigenvalue weighted by atomic mass is 16.5. The number of H-pyrrole nitrogens is 1. The number of nitrogens with one attached hydrogen (secondary N) is 2. The molecular weight excluding hydrogens is 494 g/mol. The number of carbonyl (C=O) groups excluding carboxylic acids is 1. The molecule has 1 aliphatic rings. The molecule has 0 bridgehead atoms. The van der Waals surface area contributed by atoms with Gasteiger partial charge in [-0.05, 0) is 62.5 Å². The van der Waals surface area contributed by atoms with Crippen LogP contribution in [0.25, 0.3) is 33.4 Å². The van der Waals surface area contributed by atoms with Crippen molar-refractivity contribution in [1.29, 1.82) is 0 Å². The van der Waals surface area contributed by atoms with Crippen LogP contribution < -0.4 is 5.32 Å². The number of pyridine rings is 2. The number of amides is 1. The van der Waals surface area contributed by atoms with Gasteiger partial charge in [-0.15, -0.1) is 0 Å². The number of rotatable bonds is 8. The summed E-state index contributed by atoms with van der Waals surface area (Å²) in [7, 11) is 4.07. The predicted molar refractivity (Wildman–Crippen MR) is 153 cm³/mol. The molecular formula is C29H37N7O3. The van der Waals surface area contributed by atoms with E-state index in [0.717, 1.165) is 78.6 Å². The summed E-state index contributed by atoms with van der Waals surface area (Å²) in [5, 5.41) is 2.67. The number of morpholine rings is 1. The van der Waals surface area contributed by atoms with Gasteiger partial charge in [0.25, 0.3) is 0 Å². The number of nitrogens with zero attached hydrogens (tertiary/aromatic N) is 5. The van der Waals surface area contributed by atoms with Crippen molar-refractivity contribution in [3.05, 3.63) is 60.0 Å². The summed E-state index contributed by atoms with van der Waals surface area (Å²) in [6.45, 7) is 7.01. The summed E-state index contributed by atoms with van der Waals surface area (Å²) >= 11 is 0. The maximum Gasteiger partial charge on any atom is 0.413 e. The Kier molecular flexibility index (Phi) is 9.23. The van der Waals surface area contributed by atoms with Crippen LogP contribution in [0.3, 0.4) is 0 Å². The van der Waals surface area contributed by atoms with E-state index in [1.54, 1.807) is 6.92 Å². The van der Waals surface area contributed by atoms with Crippen molar-refractivity contribution in [2.45, 2.75) is 27.4 Å². The molecule has 0 spiro atoms. The van der Waals surface area contributed by atoms with Crippen molar-refractivity contribution in [3.63, 3.8) is 0 Å². The van der Waals surface area contributed by atoms with Crippen molar-refractivity contribution in [3.8, 4) is 22.4 Å². The number of fused-ring (bicyclic) bond motifs is 1. The minimum absolute atomic E-state index is 0. The predicted octanol–water partition coefficient (Wildman–Crippen LogP) is 4.79. The second kappa shape index (κ2) is 12.8. The molecule has 1 aromatic carbocycles. The molecule has 2 N–H and O–H groups in total. The van der Waals surface area contributed by atoms with Crippen LogP contribution in [0.4, 0.5) is 10.7 Å². The number of ether oxygens (including phenoxy) is 2. The average Bonchev–Trinajstić information content (AvgIpc) is 3.31. The van der Waals surface area contributed by atoms with E-state index >= 15 is 0 Å². The number of imidazole rings is 1. The van der Waals surface area contributed by atoms with Gasteiger partial charge in [-0.3, -0.25) is 20.2 Å². The van der Waals surface area contributed by atoms with Crippen molar-refractivity contribution in [2.24, 2.45) is 0 Å². The monoisotopic (exact) mass is 531 g/mol. The van der Waals surface area contributed by atoms with E-state index in [9.17, 15) is 4.79 Å². The molecule has 0 saturated carbocycles. The number of carbonyl (C=O) groups is 1. The molecule has 10 heteroatoms. The summed E-state index contributed by atoms with van der Waals surface area (Å²) in [4.78, 5) is 33.8. The molecule has 206 valence electrons. The van der Waals surface area contributed by atoms with Crippen LogP contribution in [0.1, 0.15) is 25.6 Å². The van der Waals surface area contributed by atoms with Crippen molar-refractivity contribution < 1.29 is 14.3 Å². The average molecular weight is 532 g/mol. The summed E-state index contributed by atoms with van der Waals surface area (Å²) in [6.07, 6.45) is 3.17. The second-order valence-corrected chi connectivity index (χ2v) is 9.56. The van der Waals surface area contributed by atoms with E-state index in [1.807, 2.05) is 38.6 Å². The molecule has 5 rings (SSSR count). The number of hydrogen-bond acceptors (Lipinski definition) is 8. The lowest BCUT2D eigenvalue weighted by atomic mass is 10.00. The summed E-state index contributed by atoms with van der Waals surface area (Å²) in [5.74, 6) is 0.320. The minimum Gasteiger partial charge on any atom is -0.450 e. The smallest absolute Gasteiger partial charge is 0.413 e. The highest BCUT2D eigenvalue weighted by molar-refractivity contribution is 5.97. The van der Waals surface area contributed by atoms with Gasteiger partial charge in [0.1, 0.15) is 0 Å². The maximum absolute atomic E-state index is 12.0. The lowest BCUT2D eigenvalue weighted by Gasteiger charge is -2.26.